The number of para-hydroxylation sites is 1. The summed E-state index contributed by atoms with van der Waals surface area (Å²) in [5.41, 5.74) is 0.756. The SMILES string of the molecule is COc1ccccc1[C@H](C)N(C)C(=O)c1ccc(=O)[nH]n1. The Labute approximate surface area is 122 Å². The van der Waals surface area contributed by atoms with E-state index in [1.807, 2.05) is 31.2 Å². The summed E-state index contributed by atoms with van der Waals surface area (Å²) in [6, 6.07) is 10.0. The monoisotopic (exact) mass is 287 g/mol. The van der Waals surface area contributed by atoms with Gasteiger partial charge in [-0.15, -0.1) is 0 Å². The minimum absolute atomic E-state index is 0.192. The molecule has 0 aliphatic carbocycles. The Hall–Kier alpha value is -2.63. The number of ether oxygens (including phenoxy) is 1. The lowest BCUT2D eigenvalue weighted by atomic mass is 10.1. The smallest absolute Gasteiger partial charge is 0.274 e. The van der Waals surface area contributed by atoms with Gasteiger partial charge in [-0.25, -0.2) is 5.10 Å². The third-order valence-corrected chi connectivity index (χ3v) is 3.39. The van der Waals surface area contributed by atoms with Crippen LogP contribution in [0, 0.1) is 0 Å². The Morgan fingerprint density at radius 3 is 2.62 bits per heavy atom. The summed E-state index contributed by atoms with van der Waals surface area (Å²) in [4.78, 5) is 24.9. The number of aromatic amines is 1. The van der Waals surface area contributed by atoms with E-state index in [2.05, 4.69) is 10.2 Å². The van der Waals surface area contributed by atoms with E-state index < -0.39 is 0 Å². The summed E-state index contributed by atoms with van der Waals surface area (Å²) >= 11 is 0. The third kappa shape index (κ3) is 3.10. The number of carbonyl (C=O) groups is 1. The van der Waals surface area contributed by atoms with Gasteiger partial charge in [0.05, 0.1) is 13.2 Å². The Morgan fingerprint density at radius 1 is 1.29 bits per heavy atom. The van der Waals surface area contributed by atoms with Crippen molar-refractivity contribution in [2.75, 3.05) is 14.2 Å². The zero-order valence-electron chi connectivity index (χ0n) is 12.2. The van der Waals surface area contributed by atoms with E-state index in [9.17, 15) is 9.59 Å². The van der Waals surface area contributed by atoms with Gasteiger partial charge in [-0.1, -0.05) is 18.2 Å². The fraction of sp³-hybridized carbons (Fsp3) is 0.267. The maximum atomic E-state index is 12.4. The maximum absolute atomic E-state index is 12.4. The number of nitrogens with one attached hydrogen (secondary N) is 1. The van der Waals surface area contributed by atoms with Crippen LogP contribution in [0.3, 0.4) is 0 Å². The number of hydrogen-bond donors (Lipinski definition) is 1. The molecule has 1 amide bonds. The van der Waals surface area contributed by atoms with E-state index >= 15 is 0 Å². The Bertz CT molecular complexity index is 676. The van der Waals surface area contributed by atoms with Crippen molar-refractivity contribution in [3.05, 3.63) is 58.0 Å². The van der Waals surface area contributed by atoms with Crippen molar-refractivity contribution in [3.8, 4) is 5.75 Å². The molecule has 21 heavy (non-hydrogen) atoms. The number of H-pyrrole nitrogens is 1. The minimum Gasteiger partial charge on any atom is -0.496 e. The molecule has 1 aromatic heterocycles. The second-order valence-electron chi connectivity index (χ2n) is 4.64. The number of aromatic nitrogens is 2. The van der Waals surface area contributed by atoms with E-state index in [4.69, 9.17) is 4.74 Å². The second-order valence-corrected chi connectivity index (χ2v) is 4.64. The average molecular weight is 287 g/mol. The van der Waals surface area contributed by atoms with E-state index in [0.29, 0.717) is 0 Å². The van der Waals surface area contributed by atoms with Crippen LogP contribution in [0.5, 0.6) is 5.75 Å². The molecule has 1 N–H and O–H groups in total. The normalized spacial score (nSPS) is 11.8. The highest BCUT2D eigenvalue weighted by Gasteiger charge is 2.22. The van der Waals surface area contributed by atoms with Gasteiger partial charge in [0.15, 0.2) is 0 Å². The fourth-order valence-electron chi connectivity index (χ4n) is 2.04. The summed E-state index contributed by atoms with van der Waals surface area (Å²) in [6.45, 7) is 1.90. The number of amides is 1. The predicted octanol–water partition coefficient (Wildman–Crippen LogP) is 1.61. The van der Waals surface area contributed by atoms with E-state index in [1.54, 1.807) is 19.1 Å². The van der Waals surface area contributed by atoms with Crippen molar-refractivity contribution in [3.63, 3.8) is 0 Å². The van der Waals surface area contributed by atoms with Gasteiger partial charge in [-0.3, -0.25) is 9.59 Å². The lowest BCUT2D eigenvalue weighted by molar-refractivity contribution is 0.0734. The van der Waals surface area contributed by atoms with Crippen LogP contribution in [0.15, 0.2) is 41.2 Å². The van der Waals surface area contributed by atoms with Gasteiger partial charge in [-0.05, 0) is 19.1 Å². The molecule has 6 heteroatoms. The number of rotatable bonds is 4. The van der Waals surface area contributed by atoms with E-state index in [-0.39, 0.29) is 23.2 Å². The van der Waals surface area contributed by atoms with Crippen LogP contribution in [0.4, 0.5) is 0 Å². The highest BCUT2D eigenvalue weighted by Crippen LogP contribution is 2.28. The predicted molar refractivity (Wildman–Crippen MR) is 78.4 cm³/mol. The molecule has 0 saturated heterocycles. The number of nitrogens with zero attached hydrogens (tertiary/aromatic N) is 2. The molecule has 0 saturated carbocycles. The Balaban J connectivity index is 2.26. The molecule has 0 aliphatic rings. The molecule has 6 nitrogen and oxygen atoms in total. The topological polar surface area (TPSA) is 75.3 Å². The fourth-order valence-corrected chi connectivity index (χ4v) is 2.04. The summed E-state index contributed by atoms with van der Waals surface area (Å²) in [5.74, 6) is 0.448. The second kappa shape index (κ2) is 6.21. The number of carbonyl (C=O) groups excluding carboxylic acids is 1. The van der Waals surface area contributed by atoms with Crippen molar-refractivity contribution in [1.82, 2.24) is 15.1 Å². The molecule has 0 aliphatic heterocycles. The molecular weight excluding hydrogens is 270 g/mol. The zero-order valence-corrected chi connectivity index (χ0v) is 12.2. The van der Waals surface area contributed by atoms with Crippen LogP contribution in [0.2, 0.25) is 0 Å². The molecule has 2 rings (SSSR count). The molecule has 1 atom stereocenters. The van der Waals surface area contributed by atoms with Gasteiger partial charge in [0.2, 0.25) is 0 Å². The summed E-state index contributed by atoms with van der Waals surface area (Å²) in [7, 11) is 3.28. The van der Waals surface area contributed by atoms with Gasteiger partial charge in [0, 0.05) is 18.7 Å². The lowest BCUT2D eigenvalue weighted by Crippen LogP contribution is -2.31. The highest BCUT2D eigenvalue weighted by atomic mass is 16.5. The molecule has 0 fully saturated rings. The number of benzene rings is 1. The van der Waals surface area contributed by atoms with Gasteiger partial charge in [0.25, 0.3) is 11.5 Å². The zero-order chi connectivity index (χ0) is 15.4. The van der Waals surface area contributed by atoms with Gasteiger partial charge in [-0.2, -0.15) is 5.10 Å². The number of hydrogen-bond acceptors (Lipinski definition) is 4. The van der Waals surface area contributed by atoms with E-state index in [1.165, 1.54) is 12.1 Å². The van der Waals surface area contributed by atoms with Crippen molar-refractivity contribution >= 4 is 5.91 Å². The summed E-state index contributed by atoms with van der Waals surface area (Å²) < 4.78 is 5.32. The van der Waals surface area contributed by atoms with Crippen molar-refractivity contribution < 1.29 is 9.53 Å². The van der Waals surface area contributed by atoms with Crippen molar-refractivity contribution in [2.45, 2.75) is 13.0 Å². The summed E-state index contributed by atoms with van der Waals surface area (Å²) in [5, 5.41) is 6.02. The minimum atomic E-state index is -0.341. The Morgan fingerprint density at radius 2 is 2.00 bits per heavy atom. The number of methoxy groups -OCH3 is 1. The average Bonchev–Trinajstić information content (AvgIpc) is 2.53. The lowest BCUT2D eigenvalue weighted by Gasteiger charge is -2.26. The maximum Gasteiger partial charge on any atom is 0.274 e. The van der Waals surface area contributed by atoms with Crippen LogP contribution in [-0.2, 0) is 0 Å². The molecular formula is C15H17N3O3. The van der Waals surface area contributed by atoms with Crippen LogP contribution >= 0.6 is 0 Å². The molecule has 0 bridgehead atoms. The van der Waals surface area contributed by atoms with Crippen LogP contribution in [0.1, 0.15) is 29.0 Å². The standard InChI is InChI=1S/C15H17N3O3/c1-10(11-6-4-5-7-13(11)21-3)18(2)15(20)12-8-9-14(19)17-16-12/h4-10H,1-3H3,(H,17,19)/t10-/m0/s1. The van der Waals surface area contributed by atoms with Gasteiger partial charge >= 0.3 is 0 Å². The highest BCUT2D eigenvalue weighted by molar-refractivity contribution is 5.92. The van der Waals surface area contributed by atoms with Crippen molar-refractivity contribution in [2.24, 2.45) is 0 Å². The van der Waals surface area contributed by atoms with Crippen molar-refractivity contribution in [1.29, 1.82) is 0 Å². The first-order valence-electron chi connectivity index (χ1n) is 6.50. The van der Waals surface area contributed by atoms with Gasteiger partial charge < -0.3 is 9.64 Å². The quantitative estimate of drug-likeness (QED) is 0.927. The third-order valence-electron chi connectivity index (χ3n) is 3.39. The van der Waals surface area contributed by atoms with Crippen LogP contribution in [-0.4, -0.2) is 35.2 Å². The molecule has 0 spiro atoms. The molecule has 1 heterocycles. The molecule has 0 unspecified atom stereocenters. The molecule has 1 aromatic carbocycles. The first kappa shape index (κ1) is 14.8. The molecule has 2 aromatic rings. The first-order chi connectivity index (χ1) is 10.0. The van der Waals surface area contributed by atoms with Crippen LogP contribution in [0.25, 0.3) is 0 Å². The molecule has 110 valence electrons. The van der Waals surface area contributed by atoms with Gasteiger partial charge in [0.1, 0.15) is 11.4 Å². The van der Waals surface area contributed by atoms with Crippen LogP contribution < -0.4 is 10.3 Å². The van der Waals surface area contributed by atoms with E-state index in [0.717, 1.165) is 11.3 Å². The summed E-state index contributed by atoms with van der Waals surface area (Å²) in [6.07, 6.45) is 0. The molecule has 0 radical (unpaired) electrons. The Kier molecular flexibility index (Phi) is 4.37. The largest absolute Gasteiger partial charge is 0.496 e. The first-order valence-corrected chi connectivity index (χ1v) is 6.50.